The summed E-state index contributed by atoms with van der Waals surface area (Å²) in [4.78, 5) is 9.19. The maximum Gasteiger partial charge on any atom is 0.146 e. The van der Waals surface area contributed by atoms with Crippen LogP contribution in [-0.2, 0) is 6.42 Å². The monoisotopic (exact) mass is 338 g/mol. The Morgan fingerprint density at radius 3 is 2.62 bits per heavy atom. The molecule has 0 amide bonds. The van der Waals surface area contributed by atoms with Gasteiger partial charge in [0.05, 0.1) is 11.0 Å². The van der Waals surface area contributed by atoms with Crippen LogP contribution in [0.25, 0.3) is 21.8 Å². The molecule has 0 aliphatic carbocycles. The molecule has 2 heterocycles. The van der Waals surface area contributed by atoms with Crippen LogP contribution in [0, 0.1) is 11.3 Å². The van der Waals surface area contributed by atoms with Gasteiger partial charge in [-0.1, -0.05) is 48.5 Å². The second-order valence-electron chi connectivity index (χ2n) is 6.45. The number of nitriles is 1. The molecule has 0 fully saturated rings. The molecule has 1 atom stereocenters. The summed E-state index contributed by atoms with van der Waals surface area (Å²) in [7, 11) is 0. The van der Waals surface area contributed by atoms with Crippen LogP contribution in [-0.4, -0.2) is 16.0 Å². The van der Waals surface area contributed by atoms with Crippen molar-refractivity contribution in [2.75, 3.05) is 5.32 Å². The number of para-hydroxylation sites is 1. The summed E-state index contributed by atoms with van der Waals surface area (Å²) in [6.07, 6.45) is 2.64. The van der Waals surface area contributed by atoms with Gasteiger partial charge in [0.15, 0.2) is 0 Å². The van der Waals surface area contributed by atoms with Gasteiger partial charge in [0.1, 0.15) is 17.5 Å². The van der Waals surface area contributed by atoms with Crippen molar-refractivity contribution in [1.82, 2.24) is 9.97 Å². The topological polar surface area (TPSA) is 61.6 Å². The van der Waals surface area contributed by atoms with Crippen LogP contribution in [0.2, 0.25) is 0 Å². The maximum absolute atomic E-state index is 9.72. The Bertz CT molecular complexity index is 1110. The van der Waals surface area contributed by atoms with Crippen molar-refractivity contribution in [3.05, 3.63) is 78.0 Å². The molecule has 0 aliphatic rings. The van der Waals surface area contributed by atoms with E-state index in [0.29, 0.717) is 16.9 Å². The predicted molar refractivity (Wildman–Crippen MR) is 105 cm³/mol. The van der Waals surface area contributed by atoms with E-state index in [-0.39, 0.29) is 6.04 Å². The summed E-state index contributed by atoms with van der Waals surface area (Å²) in [5, 5.41) is 15.0. The lowest BCUT2D eigenvalue weighted by molar-refractivity contribution is 0.784. The van der Waals surface area contributed by atoms with E-state index in [2.05, 4.69) is 35.4 Å². The number of anilines is 1. The SMILES string of the molecule is C[C@H](Cc1ccccc1)Nc1ncc2cc3ccccc3nc2c1C#N. The highest BCUT2D eigenvalue weighted by Gasteiger charge is 2.14. The van der Waals surface area contributed by atoms with Crippen LogP contribution in [0.15, 0.2) is 66.9 Å². The summed E-state index contributed by atoms with van der Waals surface area (Å²) < 4.78 is 0. The lowest BCUT2D eigenvalue weighted by atomic mass is 10.1. The molecule has 0 saturated heterocycles. The number of benzene rings is 2. The van der Waals surface area contributed by atoms with Gasteiger partial charge in [-0.3, -0.25) is 0 Å². The minimum atomic E-state index is 0.148. The number of hydrogen-bond acceptors (Lipinski definition) is 4. The third-order valence-electron chi connectivity index (χ3n) is 4.44. The van der Waals surface area contributed by atoms with Gasteiger partial charge < -0.3 is 5.32 Å². The number of nitrogens with one attached hydrogen (secondary N) is 1. The van der Waals surface area contributed by atoms with Crippen LogP contribution in [0.3, 0.4) is 0 Å². The molecule has 126 valence electrons. The van der Waals surface area contributed by atoms with Crippen LogP contribution in [0.5, 0.6) is 0 Å². The minimum absolute atomic E-state index is 0.148. The van der Waals surface area contributed by atoms with Crippen LogP contribution >= 0.6 is 0 Å². The number of pyridine rings is 2. The molecule has 4 heteroatoms. The van der Waals surface area contributed by atoms with Gasteiger partial charge in [0.2, 0.25) is 0 Å². The number of aromatic nitrogens is 2. The maximum atomic E-state index is 9.72. The summed E-state index contributed by atoms with van der Waals surface area (Å²) in [5.41, 5.74) is 3.31. The van der Waals surface area contributed by atoms with Gasteiger partial charge in [-0.05, 0) is 31.0 Å². The van der Waals surface area contributed by atoms with Crippen LogP contribution in [0.4, 0.5) is 5.82 Å². The lowest BCUT2D eigenvalue weighted by Gasteiger charge is -2.16. The molecule has 2 aromatic heterocycles. The molecule has 1 N–H and O–H groups in total. The number of rotatable bonds is 4. The molecule has 4 nitrogen and oxygen atoms in total. The van der Waals surface area contributed by atoms with E-state index in [1.54, 1.807) is 6.20 Å². The average Bonchev–Trinajstić information content (AvgIpc) is 2.67. The zero-order chi connectivity index (χ0) is 17.9. The standard InChI is InChI=1S/C22H18N4/c1-15(11-16-7-3-2-4-8-16)25-22-19(13-23)21-18(14-24-22)12-17-9-5-6-10-20(17)26-21/h2-10,12,14-15H,11H2,1H3,(H,24,25)/t15-/m1/s1. The summed E-state index contributed by atoms with van der Waals surface area (Å²) >= 11 is 0. The van der Waals surface area contributed by atoms with E-state index in [4.69, 9.17) is 4.98 Å². The van der Waals surface area contributed by atoms with E-state index in [0.717, 1.165) is 22.7 Å². The summed E-state index contributed by atoms with van der Waals surface area (Å²) in [5.74, 6) is 0.589. The Morgan fingerprint density at radius 2 is 1.81 bits per heavy atom. The average molecular weight is 338 g/mol. The van der Waals surface area contributed by atoms with Gasteiger partial charge in [-0.2, -0.15) is 5.26 Å². The molecule has 0 aliphatic heterocycles. The molecule has 4 aromatic rings. The van der Waals surface area contributed by atoms with E-state index in [9.17, 15) is 5.26 Å². The van der Waals surface area contributed by atoms with E-state index >= 15 is 0 Å². The Morgan fingerprint density at radius 1 is 1.04 bits per heavy atom. The van der Waals surface area contributed by atoms with Crippen molar-refractivity contribution in [3.63, 3.8) is 0 Å². The zero-order valence-corrected chi connectivity index (χ0v) is 14.5. The zero-order valence-electron chi connectivity index (χ0n) is 14.5. The van der Waals surface area contributed by atoms with Crippen LogP contribution < -0.4 is 5.32 Å². The van der Waals surface area contributed by atoms with Gasteiger partial charge in [0.25, 0.3) is 0 Å². The molecular formula is C22H18N4. The number of fused-ring (bicyclic) bond motifs is 2. The van der Waals surface area contributed by atoms with Crippen molar-refractivity contribution >= 4 is 27.6 Å². The molecule has 2 aromatic carbocycles. The van der Waals surface area contributed by atoms with Gasteiger partial charge in [-0.25, -0.2) is 9.97 Å². The van der Waals surface area contributed by atoms with Crippen molar-refractivity contribution in [3.8, 4) is 6.07 Å². The first-order valence-electron chi connectivity index (χ1n) is 8.63. The largest absolute Gasteiger partial charge is 0.366 e. The van der Waals surface area contributed by atoms with Crippen molar-refractivity contribution in [1.29, 1.82) is 5.26 Å². The van der Waals surface area contributed by atoms with E-state index < -0.39 is 0 Å². The predicted octanol–water partition coefficient (Wildman–Crippen LogP) is 4.70. The van der Waals surface area contributed by atoms with Gasteiger partial charge >= 0.3 is 0 Å². The molecule has 0 bridgehead atoms. The Kier molecular flexibility index (Phi) is 4.20. The van der Waals surface area contributed by atoms with E-state index in [1.165, 1.54) is 5.56 Å². The highest BCUT2D eigenvalue weighted by Crippen LogP contribution is 2.26. The molecule has 0 spiro atoms. The Balaban J connectivity index is 1.71. The quantitative estimate of drug-likeness (QED) is 0.548. The summed E-state index contributed by atoms with van der Waals surface area (Å²) in [6, 6.07) is 22.7. The molecule has 4 rings (SSSR count). The second kappa shape index (κ2) is 6.81. The number of nitrogens with zero attached hydrogens (tertiary/aromatic N) is 3. The highest BCUT2D eigenvalue weighted by atomic mass is 15.0. The van der Waals surface area contributed by atoms with Gasteiger partial charge in [0, 0.05) is 23.0 Å². The first-order chi connectivity index (χ1) is 12.7. The first kappa shape index (κ1) is 16.0. The Labute approximate surface area is 152 Å². The summed E-state index contributed by atoms with van der Waals surface area (Å²) in [6.45, 7) is 2.09. The lowest BCUT2D eigenvalue weighted by Crippen LogP contribution is -2.19. The fourth-order valence-corrected chi connectivity index (χ4v) is 3.21. The highest BCUT2D eigenvalue weighted by molar-refractivity contribution is 5.96. The van der Waals surface area contributed by atoms with Gasteiger partial charge in [-0.15, -0.1) is 0 Å². The van der Waals surface area contributed by atoms with E-state index in [1.807, 2.05) is 48.5 Å². The van der Waals surface area contributed by atoms with Crippen molar-refractivity contribution in [2.24, 2.45) is 0 Å². The molecular weight excluding hydrogens is 320 g/mol. The Hall–Kier alpha value is -3.45. The third-order valence-corrected chi connectivity index (χ3v) is 4.44. The first-order valence-corrected chi connectivity index (χ1v) is 8.63. The molecule has 0 saturated carbocycles. The fourth-order valence-electron chi connectivity index (χ4n) is 3.21. The van der Waals surface area contributed by atoms with Crippen molar-refractivity contribution in [2.45, 2.75) is 19.4 Å². The van der Waals surface area contributed by atoms with Crippen molar-refractivity contribution < 1.29 is 0 Å². The minimum Gasteiger partial charge on any atom is -0.366 e. The number of hydrogen-bond donors (Lipinski definition) is 1. The van der Waals surface area contributed by atoms with Crippen LogP contribution in [0.1, 0.15) is 18.1 Å². The molecule has 0 unspecified atom stereocenters. The second-order valence-corrected chi connectivity index (χ2v) is 6.45. The third kappa shape index (κ3) is 3.07. The fraction of sp³-hybridized carbons (Fsp3) is 0.136. The molecule has 0 radical (unpaired) electrons. The molecule has 26 heavy (non-hydrogen) atoms. The smallest absolute Gasteiger partial charge is 0.146 e. The normalized spacial score (nSPS) is 12.0.